The highest BCUT2D eigenvalue weighted by molar-refractivity contribution is 7.71. The normalized spacial score (nSPS) is 10.2. The van der Waals surface area contributed by atoms with Crippen LogP contribution < -0.4 is 5.32 Å². The summed E-state index contributed by atoms with van der Waals surface area (Å²) in [5.41, 5.74) is 0. The highest BCUT2D eigenvalue weighted by Gasteiger charge is 2.01. The van der Waals surface area contributed by atoms with E-state index in [1.165, 1.54) is 0 Å². The van der Waals surface area contributed by atoms with Crippen LogP contribution in [0.3, 0.4) is 0 Å². The van der Waals surface area contributed by atoms with Gasteiger partial charge in [-0.15, -0.1) is 0 Å². The second-order valence-electron chi connectivity index (χ2n) is 3.05. The molecule has 1 amide bonds. The van der Waals surface area contributed by atoms with Gasteiger partial charge in [0.05, 0.1) is 6.61 Å². The van der Waals surface area contributed by atoms with Gasteiger partial charge in [-0.25, -0.2) is 0 Å². The van der Waals surface area contributed by atoms with Crippen molar-refractivity contribution in [3.05, 3.63) is 17.2 Å². The second kappa shape index (κ2) is 6.36. The maximum Gasteiger partial charge on any atom is 0.221 e. The van der Waals surface area contributed by atoms with E-state index in [0.717, 1.165) is 0 Å². The SMILES string of the molecule is COCCNC(=O)CCn1cc[nH]c1=S. The van der Waals surface area contributed by atoms with Gasteiger partial charge in [-0.1, -0.05) is 0 Å². The zero-order valence-corrected chi connectivity index (χ0v) is 9.47. The number of ether oxygens (including phenoxy) is 1. The molecule has 1 rings (SSSR count). The molecule has 0 radical (unpaired) electrons. The average Bonchev–Trinajstić information content (AvgIpc) is 2.61. The van der Waals surface area contributed by atoms with Gasteiger partial charge in [0, 0.05) is 39.0 Å². The molecule has 0 aliphatic heterocycles. The van der Waals surface area contributed by atoms with Crippen molar-refractivity contribution in [2.24, 2.45) is 0 Å². The standard InChI is InChI=1S/C9H15N3O2S/c1-14-7-4-10-8(13)2-5-12-6-3-11-9(12)15/h3,6H,2,4-5,7H2,1H3,(H,10,13)(H,11,15). The molecule has 0 bridgehead atoms. The smallest absolute Gasteiger partial charge is 0.221 e. The molecule has 5 nitrogen and oxygen atoms in total. The Balaban J connectivity index is 2.23. The van der Waals surface area contributed by atoms with E-state index in [9.17, 15) is 4.79 Å². The summed E-state index contributed by atoms with van der Waals surface area (Å²) in [7, 11) is 1.60. The summed E-state index contributed by atoms with van der Waals surface area (Å²) in [5, 5.41) is 2.74. The predicted molar refractivity (Wildman–Crippen MR) is 59.1 cm³/mol. The Labute approximate surface area is 93.4 Å². The maximum atomic E-state index is 11.3. The molecular weight excluding hydrogens is 214 g/mol. The van der Waals surface area contributed by atoms with Crippen molar-refractivity contribution in [2.45, 2.75) is 13.0 Å². The Morgan fingerprint density at radius 1 is 1.73 bits per heavy atom. The number of aromatic amines is 1. The number of carbonyl (C=O) groups is 1. The van der Waals surface area contributed by atoms with E-state index >= 15 is 0 Å². The van der Waals surface area contributed by atoms with Crippen LogP contribution in [0, 0.1) is 4.77 Å². The van der Waals surface area contributed by atoms with Crippen LogP contribution >= 0.6 is 12.2 Å². The van der Waals surface area contributed by atoms with Crippen LogP contribution in [0.25, 0.3) is 0 Å². The first-order valence-corrected chi connectivity index (χ1v) is 5.14. The van der Waals surface area contributed by atoms with Gasteiger partial charge in [0.1, 0.15) is 0 Å². The molecule has 0 fully saturated rings. The molecule has 2 N–H and O–H groups in total. The summed E-state index contributed by atoms with van der Waals surface area (Å²) >= 11 is 5.00. The lowest BCUT2D eigenvalue weighted by atomic mass is 10.4. The Morgan fingerprint density at radius 2 is 2.53 bits per heavy atom. The number of H-pyrrole nitrogens is 1. The summed E-state index contributed by atoms with van der Waals surface area (Å²) in [5.74, 6) is 0.00940. The molecule has 1 aromatic rings. The number of imidazole rings is 1. The lowest BCUT2D eigenvalue weighted by Crippen LogP contribution is -2.27. The molecule has 0 saturated heterocycles. The molecule has 0 aliphatic carbocycles. The lowest BCUT2D eigenvalue weighted by molar-refractivity contribution is -0.121. The van der Waals surface area contributed by atoms with Gasteiger partial charge in [-0.2, -0.15) is 0 Å². The van der Waals surface area contributed by atoms with Crippen LogP contribution in [0.5, 0.6) is 0 Å². The number of methoxy groups -OCH3 is 1. The molecular formula is C9H15N3O2S. The van der Waals surface area contributed by atoms with Crippen molar-refractivity contribution in [3.63, 3.8) is 0 Å². The highest BCUT2D eigenvalue weighted by Crippen LogP contribution is 1.93. The topological polar surface area (TPSA) is 59.0 Å². The van der Waals surface area contributed by atoms with Crippen molar-refractivity contribution in [2.75, 3.05) is 20.3 Å². The van der Waals surface area contributed by atoms with Crippen molar-refractivity contribution < 1.29 is 9.53 Å². The van der Waals surface area contributed by atoms with Crippen molar-refractivity contribution in [1.29, 1.82) is 0 Å². The second-order valence-corrected chi connectivity index (χ2v) is 3.44. The Hall–Kier alpha value is -1.14. The summed E-state index contributed by atoms with van der Waals surface area (Å²) in [4.78, 5) is 14.2. The Bertz CT molecular complexity index is 358. The monoisotopic (exact) mass is 229 g/mol. The van der Waals surface area contributed by atoms with E-state index in [4.69, 9.17) is 17.0 Å². The van der Waals surface area contributed by atoms with E-state index in [1.54, 1.807) is 13.3 Å². The number of amides is 1. The third kappa shape index (κ3) is 4.26. The van der Waals surface area contributed by atoms with Crippen molar-refractivity contribution in [1.82, 2.24) is 14.9 Å². The number of carbonyl (C=O) groups excluding carboxylic acids is 1. The van der Waals surface area contributed by atoms with Crippen LogP contribution in [0.4, 0.5) is 0 Å². The zero-order chi connectivity index (χ0) is 11.1. The van der Waals surface area contributed by atoms with Gasteiger partial charge >= 0.3 is 0 Å². The van der Waals surface area contributed by atoms with Crippen LogP contribution in [0.2, 0.25) is 0 Å². The van der Waals surface area contributed by atoms with Crippen LogP contribution in [0.1, 0.15) is 6.42 Å². The first kappa shape index (κ1) is 11.9. The Kier molecular flexibility index (Phi) is 5.06. The van der Waals surface area contributed by atoms with E-state index < -0.39 is 0 Å². The van der Waals surface area contributed by atoms with Gasteiger partial charge in [-0.05, 0) is 12.2 Å². The third-order valence-electron chi connectivity index (χ3n) is 1.93. The number of aryl methyl sites for hydroxylation is 1. The van der Waals surface area contributed by atoms with E-state index in [1.807, 2.05) is 10.8 Å². The molecule has 0 unspecified atom stereocenters. The zero-order valence-electron chi connectivity index (χ0n) is 8.66. The van der Waals surface area contributed by atoms with Crippen LogP contribution in [0.15, 0.2) is 12.4 Å². The minimum atomic E-state index is 0.00940. The number of nitrogens with one attached hydrogen (secondary N) is 2. The maximum absolute atomic E-state index is 11.3. The molecule has 0 aliphatic rings. The fraction of sp³-hybridized carbons (Fsp3) is 0.556. The van der Waals surface area contributed by atoms with Crippen LogP contribution in [-0.2, 0) is 16.1 Å². The van der Waals surface area contributed by atoms with Crippen molar-refractivity contribution in [3.8, 4) is 0 Å². The molecule has 0 spiro atoms. The third-order valence-corrected chi connectivity index (χ3v) is 2.28. The molecule has 6 heteroatoms. The first-order chi connectivity index (χ1) is 7.24. The van der Waals surface area contributed by atoms with E-state index in [-0.39, 0.29) is 5.91 Å². The highest BCUT2D eigenvalue weighted by atomic mass is 32.1. The van der Waals surface area contributed by atoms with Gasteiger partial charge < -0.3 is 19.6 Å². The molecule has 0 aromatic carbocycles. The molecule has 0 saturated carbocycles. The number of hydrogen-bond donors (Lipinski definition) is 2. The number of rotatable bonds is 6. The number of nitrogens with zero attached hydrogens (tertiary/aromatic N) is 1. The molecule has 84 valence electrons. The summed E-state index contributed by atoms with van der Waals surface area (Å²) in [6, 6.07) is 0. The lowest BCUT2D eigenvalue weighted by Gasteiger charge is -2.04. The fourth-order valence-corrected chi connectivity index (χ4v) is 1.35. The summed E-state index contributed by atoms with van der Waals surface area (Å²) in [6.45, 7) is 1.68. The Morgan fingerprint density at radius 3 is 3.13 bits per heavy atom. The predicted octanol–water partition coefficient (Wildman–Crippen LogP) is 0.698. The number of aromatic nitrogens is 2. The fourth-order valence-electron chi connectivity index (χ4n) is 1.13. The van der Waals surface area contributed by atoms with Gasteiger partial charge in [-0.3, -0.25) is 4.79 Å². The molecule has 1 heterocycles. The van der Waals surface area contributed by atoms with Gasteiger partial charge in [0.15, 0.2) is 4.77 Å². The quantitative estimate of drug-likeness (QED) is 0.557. The van der Waals surface area contributed by atoms with Crippen molar-refractivity contribution >= 4 is 18.1 Å². The molecule has 15 heavy (non-hydrogen) atoms. The largest absolute Gasteiger partial charge is 0.383 e. The van der Waals surface area contributed by atoms with E-state index in [2.05, 4.69) is 10.3 Å². The summed E-state index contributed by atoms with van der Waals surface area (Å²) in [6.07, 6.45) is 4.01. The minimum absolute atomic E-state index is 0.00940. The first-order valence-electron chi connectivity index (χ1n) is 4.73. The summed E-state index contributed by atoms with van der Waals surface area (Å²) < 4.78 is 7.28. The van der Waals surface area contributed by atoms with E-state index in [0.29, 0.717) is 30.9 Å². The van der Waals surface area contributed by atoms with Crippen LogP contribution in [-0.4, -0.2) is 35.7 Å². The molecule has 0 atom stereocenters. The van der Waals surface area contributed by atoms with Gasteiger partial charge in [0.25, 0.3) is 0 Å². The van der Waals surface area contributed by atoms with Gasteiger partial charge in [0.2, 0.25) is 5.91 Å². The average molecular weight is 229 g/mol. The number of hydrogen-bond acceptors (Lipinski definition) is 3. The molecule has 1 aromatic heterocycles. The minimum Gasteiger partial charge on any atom is -0.383 e.